The number of rotatable bonds is 8. The van der Waals surface area contributed by atoms with E-state index in [0.29, 0.717) is 34.1 Å². The average molecular weight is 366 g/mol. The molecule has 5 N–H and O–H groups in total. The van der Waals surface area contributed by atoms with E-state index in [4.69, 9.17) is 22.1 Å². The molecule has 0 aromatic heterocycles. The Morgan fingerprint density at radius 3 is 2.44 bits per heavy atom. The molecule has 0 aliphatic carbocycles. The van der Waals surface area contributed by atoms with Crippen LogP contribution in [0.3, 0.4) is 0 Å². The maximum Gasteiger partial charge on any atom is 0.119 e. The van der Waals surface area contributed by atoms with Gasteiger partial charge in [-0.3, -0.25) is 0 Å². The van der Waals surface area contributed by atoms with Gasteiger partial charge in [0.15, 0.2) is 0 Å². The monoisotopic (exact) mass is 365 g/mol. The summed E-state index contributed by atoms with van der Waals surface area (Å²) in [5.74, 6) is 0.460. The number of nitrogens with two attached hydrogens (primary N) is 1. The lowest BCUT2D eigenvalue weighted by atomic mass is 9.93. The molecule has 0 aliphatic heterocycles. The third kappa shape index (κ3) is 5.17. The molecule has 0 aliphatic rings. The van der Waals surface area contributed by atoms with Gasteiger partial charge in [0.1, 0.15) is 5.75 Å². The normalized spacial score (nSPS) is 14.8. The molecule has 0 heterocycles. The molecule has 3 atom stereocenters. The van der Waals surface area contributed by atoms with E-state index in [-0.39, 0.29) is 19.1 Å². The molecular formula is C19H24ClNO4. The van der Waals surface area contributed by atoms with Crippen LogP contribution in [0.4, 0.5) is 0 Å². The number of benzene rings is 2. The summed E-state index contributed by atoms with van der Waals surface area (Å²) in [7, 11) is 0. The molecule has 3 unspecified atom stereocenters. The number of halogens is 1. The van der Waals surface area contributed by atoms with Gasteiger partial charge in [-0.25, -0.2) is 0 Å². The maximum absolute atomic E-state index is 10.4. The molecule has 0 radical (unpaired) electrons. The highest BCUT2D eigenvalue weighted by molar-refractivity contribution is 6.30. The van der Waals surface area contributed by atoms with Gasteiger partial charge in [0.2, 0.25) is 0 Å². The van der Waals surface area contributed by atoms with E-state index >= 15 is 0 Å². The van der Waals surface area contributed by atoms with Crippen LogP contribution in [0.15, 0.2) is 42.5 Å². The van der Waals surface area contributed by atoms with Crippen LogP contribution in [0.25, 0.3) is 0 Å². The minimum Gasteiger partial charge on any atom is -0.493 e. The highest BCUT2D eigenvalue weighted by Crippen LogP contribution is 2.24. The van der Waals surface area contributed by atoms with Crippen LogP contribution >= 0.6 is 11.6 Å². The molecule has 0 spiro atoms. The fourth-order valence-corrected chi connectivity index (χ4v) is 2.75. The summed E-state index contributed by atoms with van der Waals surface area (Å²) in [6.45, 7) is 1.90. The lowest BCUT2D eigenvalue weighted by molar-refractivity contribution is 0.103. The van der Waals surface area contributed by atoms with Gasteiger partial charge in [-0.2, -0.15) is 0 Å². The first-order valence-corrected chi connectivity index (χ1v) is 8.49. The summed E-state index contributed by atoms with van der Waals surface area (Å²) in [6, 6.07) is 11.6. The minimum atomic E-state index is -0.845. The summed E-state index contributed by atoms with van der Waals surface area (Å²) < 4.78 is 5.73. The van der Waals surface area contributed by atoms with Gasteiger partial charge in [0.25, 0.3) is 0 Å². The minimum absolute atomic E-state index is 0.121. The Morgan fingerprint density at radius 2 is 1.80 bits per heavy atom. The predicted molar refractivity (Wildman–Crippen MR) is 97.3 cm³/mol. The zero-order valence-corrected chi connectivity index (χ0v) is 14.9. The van der Waals surface area contributed by atoms with Gasteiger partial charge in [0.05, 0.1) is 25.9 Å². The number of aliphatic hydroxyl groups is 3. The number of ether oxygens (including phenoxy) is 1. The molecule has 136 valence electrons. The quantitative estimate of drug-likeness (QED) is 0.576. The van der Waals surface area contributed by atoms with E-state index in [1.165, 1.54) is 0 Å². The maximum atomic E-state index is 10.4. The van der Waals surface area contributed by atoms with Crippen LogP contribution in [-0.2, 0) is 13.2 Å². The molecular weight excluding hydrogens is 342 g/mol. The van der Waals surface area contributed by atoms with Crippen LogP contribution in [0.1, 0.15) is 29.7 Å². The second kappa shape index (κ2) is 9.17. The van der Waals surface area contributed by atoms with E-state index < -0.39 is 12.1 Å². The number of aliphatic hydroxyl groups excluding tert-OH is 3. The molecule has 0 amide bonds. The molecule has 6 heteroatoms. The van der Waals surface area contributed by atoms with Gasteiger partial charge >= 0.3 is 0 Å². The van der Waals surface area contributed by atoms with Gasteiger partial charge in [-0.15, -0.1) is 0 Å². The number of hydrogen-bond donors (Lipinski definition) is 4. The van der Waals surface area contributed by atoms with Crippen LogP contribution in [0.5, 0.6) is 5.75 Å². The first kappa shape index (κ1) is 19.7. The van der Waals surface area contributed by atoms with Crippen molar-refractivity contribution >= 4 is 11.6 Å². The summed E-state index contributed by atoms with van der Waals surface area (Å²) in [4.78, 5) is 0. The highest BCUT2D eigenvalue weighted by atomic mass is 35.5. The second-order valence-electron chi connectivity index (χ2n) is 6.11. The topological polar surface area (TPSA) is 95.9 Å². The first-order chi connectivity index (χ1) is 12.0. The van der Waals surface area contributed by atoms with Crippen LogP contribution in [0.2, 0.25) is 5.02 Å². The molecule has 2 rings (SSSR count). The van der Waals surface area contributed by atoms with Crippen LogP contribution in [0, 0.1) is 5.92 Å². The Morgan fingerprint density at radius 1 is 1.08 bits per heavy atom. The van der Waals surface area contributed by atoms with Gasteiger partial charge in [-0.05, 0) is 41.0 Å². The zero-order chi connectivity index (χ0) is 18.4. The third-order valence-electron chi connectivity index (χ3n) is 4.24. The molecule has 2 aromatic carbocycles. The van der Waals surface area contributed by atoms with Gasteiger partial charge in [-0.1, -0.05) is 36.7 Å². The Labute approximate surface area is 152 Å². The van der Waals surface area contributed by atoms with Crippen LogP contribution in [-0.4, -0.2) is 28.0 Å². The van der Waals surface area contributed by atoms with E-state index in [1.807, 2.05) is 6.92 Å². The molecule has 2 aromatic rings. The molecule has 0 saturated heterocycles. The van der Waals surface area contributed by atoms with Crippen molar-refractivity contribution in [2.75, 3.05) is 6.61 Å². The van der Waals surface area contributed by atoms with Gasteiger partial charge < -0.3 is 25.8 Å². The van der Waals surface area contributed by atoms with Gasteiger partial charge in [0, 0.05) is 17.0 Å². The summed E-state index contributed by atoms with van der Waals surface area (Å²) >= 11 is 5.95. The Balaban J connectivity index is 1.98. The predicted octanol–water partition coefficient (Wildman–Crippen LogP) is 2.40. The van der Waals surface area contributed by atoms with Crippen molar-refractivity contribution < 1.29 is 20.1 Å². The second-order valence-corrected chi connectivity index (χ2v) is 6.55. The van der Waals surface area contributed by atoms with Crippen molar-refractivity contribution in [1.29, 1.82) is 0 Å². The summed E-state index contributed by atoms with van der Waals surface area (Å²) in [5.41, 5.74) is 8.11. The average Bonchev–Trinajstić information content (AvgIpc) is 2.64. The van der Waals surface area contributed by atoms with Crippen molar-refractivity contribution in [3.05, 3.63) is 64.2 Å². The van der Waals surface area contributed by atoms with E-state index in [2.05, 4.69) is 0 Å². The van der Waals surface area contributed by atoms with E-state index in [9.17, 15) is 15.3 Å². The van der Waals surface area contributed by atoms with Crippen molar-refractivity contribution in [3.8, 4) is 5.75 Å². The Bertz CT molecular complexity index is 695. The lowest BCUT2D eigenvalue weighted by Gasteiger charge is -2.25. The lowest BCUT2D eigenvalue weighted by Crippen LogP contribution is -2.37. The molecule has 0 bridgehead atoms. The Hall–Kier alpha value is -1.63. The van der Waals surface area contributed by atoms with Crippen molar-refractivity contribution in [2.24, 2.45) is 11.7 Å². The first-order valence-electron chi connectivity index (χ1n) is 8.11. The highest BCUT2D eigenvalue weighted by Gasteiger charge is 2.23. The van der Waals surface area contributed by atoms with Crippen LogP contribution < -0.4 is 10.5 Å². The molecule has 0 fully saturated rings. The van der Waals surface area contributed by atoms with E-state index in [1.54, 1.807) is 42.5 Å². The standard InChI is InChI=1S/C19H24ClNO4/c1-12(18(21)19(24)13-3-2-4-16(20)7-13)11-25-17-6-5-14(9-22)15(8-17)10-23/h2-8,12,18-19,22-24H,9-11,21H2,1H3. The molecule has 0 saturated carbocycles. The molecule has 5 nitrogen and oxygen atoms in total. The van der Waals surface area contributed by atoms with Crippen molar-refractivity contribution in [1.82, 2.24) is 0 Å². The van der Waals surface area contributed by atoms with Crippen molar-refractivity contribution in [3.63, 3.8) is 0 Å². The fraction of sp³-hybridized carbons (Fsp3) is 0.368. The molecule has 25 heavy (non-hydrogen) atoms. The van der Waals surface area contributed by atoms with E-state index in [0.717, 1.165) is 0 Å². The summed E-state index contributed by atoms with van der Waals surface area (Å²) in [6.07, 6.45) is -0.845. The zero-order valence-electron chi connectivity index (χ0n) is 14.1. The Kier molecular flexibility index (Phi) is 7.23. The smallest absolute Gasteiger partial charge is 0.119 e. The third-order valence-corrected chi connectivity index (χ3v) is 4.48. The largest absolute Gasteiger partial charge is 0.493 e. The number of hydrogen-bond acceptors (Lipinski definition) is 5. The van der Waals surface area contributed by atoms with Crippen molar-refractivity contribution in [2.45, 2.75) is 32.3 Å². The fourth-order valence-electron chi connectivity index (χ4n) is 2.56. The SMILES string of the molecule is CC(COc1ccc(CO)c(CO)c1)C(N)C(O)c1cccc(Cl)c1. The summed E-state index contributed by atoms with van der Waals surface area (Å²) in [5, 5.41) is 29.5.